The third-order valence-electron chi connectivity index (χ3n) is 5.98. The molecule has 2 N–H and O–H groups in total. The van der Waals surface area contributed by atoms with Crippen LogP contribution in [0.5, 0.6) is 0 Å². The van der Waals surface area contributed by atoms with E-state index in [2.05, 4.69) is 10.6 Å². The highest BCUT2D eigenvalue weighted by atomic mass is 19.1. The summed E-state index contributed by atoms with van der Waals surface area (Å²) >= 11 is 0. The molecule has 0 aromatic heterocycles. The number of amides is 1. The first-order chi connectivity index (χ1) is 14.9. The van der Waals surface area contributed by atoms with Crippen molar-refractivity contribution in [3.05, 3.63) is 71.0 Å². The van der Waals surface area contributed by atoms with Gasteiger partial charge in [0.05, 0.1) is 6.54 Å². The summed E-state index contributed by atoms with van der Waals surface area (Å²) in [5, 5.41) is 6.83. The Kier molecular flexibility index (Phi) is 7.66. The van der Waals surface area contributed by atoms with Crippen molar-refractivity contribution in [1.82, 2.24) is 15.5 Å². The zero-order chi connectivity index (χ0) is 22.3. The maximum absolute atomic E-state index is 13.4. The van der Waals surface area contributed by atoms with Gasteiger partial charge in [-0.25, -0.2) is 9.38 Å². The summed E-state index contributed by atoms with van der Waals surface area (Å²) in [4.78, 5) is 18.3. The molecular weight excluding hydrogens is 391 g/mol. The topological polar surface area (TPSA) is 56.7 Å². The quantitative estimate of drug-likeness (QED) is 0.520. The predicted molar refractivity (Wildman–Crippen MR) is 124 cm³/mol. The summed E-state index contributed by atoms with van der Waals surface area (Å²) in [5.41, 5.74) is 2.92. The van der Waals surface area contributed by atoms with E-state index in [1.54, 1.807) is 31.1 Å². The molecule has 0 heterocycles. The van der Waals surface area contributed by atoms with Crippen molar-refractivity contribution in [2.45, 2.75) is 44.6 Å². The van der Waals surface area contributed by atoms with Gasteiger partial charge in [0.2, 0.25) is 0 Å². The van der Waals surface area contributed by atoms with Crippen LogP contribution in [0.25, 0.3) is 0 Å². The Hall–Kier alpha value is -2.89. The molecule has 1 fully saturated rings. The minimum absolute atomic E-state index is 0.00675. The number of guanidine groups is 1. The number of rotatable bonds is 7. The van der Waals surface area contributed by atoms with Crippen LogP contribution in [0.1, 0.15) is 54.1 Å². The number of carbonyl (C=O) groups is 1. The average Bonchev–Trinajstić information content (AvgIpc) is 3.26. The van der Waals surface area contributed by atoms with E-state index < -0.39 is 0 Å². The Balaban J connectivity index is 1.68. The molecule has 2 aromatic carbocycles. The maximum Gasteiger partial charge on any atom is 0.253 e. The third-order valence-corrected chi connectivity index (χ3v) is 5.98. The number of benzene rings is 2. The molecule has 1 aliphatic carbocycles. The number of nitrogens with zero attached hydrogens (tertiary/aromatic N) is 2. The van der Waals surface area contributed by atoms with Crippen LogP contribution < -0.4 is 10.6 Å². The lowest BCUT2D eigenvalue weighted by Crippen LogP contribution is -2.44. The molecule has 0 saturated heterocycles. The fourth-order valence-electron chi connectivity index (χ4n) is 4.20. The van der Waals surface area contributed by atoms with Crippen LogP contribution in [-0.4, -0.2) is 44.0 Å². The molecule has 2 aromatic rings. The summed E-state index contributed by atoms with van der Waals surface area (Å²) in [6.45, 7) is 4.10. The first-order valence-corrected chi connectivity index (χ1v) is 11.0. The lowest BCUT2D eigenvalue weighted by molar-refractivity contribution is 0.0827. The number of nitrogens with one attached hydrogen (secondary N) is 2. The molecule has 0 unspecified atom stereocenters. The van der Waals surface area contributed by atoms with Crippen molar-refractivity contribution < 1.29 is 9.18 Å². The summed E-state index contributed by atoms with van der Waals surface area (Å²) < 4.78 is 13.4. The number of carbonyl (C=O) groups excluding carboxylic acids is 1. The summed E-state index contributed by atoms with van der Waals surface area (Å²) in [5.74, 6) is 0.565. The van der Waals surface area contributed by atoms with E-state index in [9.17, 15) is 9.18 Å². The van der Waals surface area contributed by atoms with Crippen LogP contribution in [0, 0.1) is 5.82 Å². The van der Waals surface area contributed by atoms with Gasteiger partial charge in [0, 0.05) is 38.2 Å². The molecule has 0 radical (unpaired) electrons. The highest BCUT2D eigenvalue weighted by Gasteiger charge is 2.35. The Morgan fingerprint density at radius 2 is 1.68 bits per heavy atom. The number of hydrogen-bond acceptors (Lipinski definition) is 2. The minimum Gasteiger partial charge on any atom is -0.357 e. The Morgan fingerprint density at radius 3 is 2.26 bits per heavy atom. The number of hydrogen-bond donors (Lipinski definition) is 2. The lowest BCUT2D eigenvalue weighted by Gasteiger charge is -2.31. The lowest BCUT2D eigenvalue weighted by atomic mass is 9.79. The molecule has 31 heavy (non-hydrogen) atoms. The minimum atomic E-state index is -0.196. The first-order valence-electron chi connectivity index (χ1n) is 11.0. The zero-order valence-corrected chi connectivity index (χ0v) is 18.7. The molecule has 166 valence electrons. The van der Waals surface area contributed by atoms with Gasteiger partial charge in [-0.05, 0) is 55.2 Å². The molecule has 6 heteroatoms. The van der Waals surface area contributed by atoms with Gasteiger partial charge < -0.3 is 15.5 Å². The average molecular weight is 425 g/mol. The molecule has 0 spiro atoms. The molecule has 1 aliphatic rings. The van der Waals surface area contributed by atoms with Crippen molar-refractivity contribution in [1.29, 1.82) is 0 Å². The van der Waals surface area contributed by atoms with E-state index >= 15 is 0 Å². The van der Waals surface area contributed by atoms with Gasteiger partial charge >= 0.3 is 0 Å². The van der Waals surface area contributed by atoms with E-state index in [1.165, 1.54) is 18.4 Å². The SMILES string of the molecule is CCNC(=NCc1ccc(C(=O)N(C)C)cc1)NCC1(c2ccc(F)cc2)CCCC1. The van der Waals surface area contributed by atoms with Crippen molar-refractivity contribution in [2.75, 3.05) is 27.2 Å². The fraction of sp³-hybridized carbons (Fsp3) is 0.440. The van der Waals surface area contributed by atoms with Crippen LogP contribution in [0.15, 0.2) is 53.5 Å². The standard InChI is InChI=1S/C25H33FN4O/c1-4-27-24(28-17-19-7-9-20(10-8-19)23(31)30(2)3)29-18-25(15-5-6-16-25)21-11-13-22(26)14-12-21/h7-14H,4-6,15-18H2,1-3H3,(H2,27,28,29). The molecule has 0 bridgehead atoms. The van der Waals surface area contributed by atoms with E-state index in [0.29, 0.717) is 12.1 Å². The molecule has 5 nitrogen and oxygen atoms in total. The van der Waals surface area contributed by atoms with Crippen LogP contribution in [-0.2, 0) is 12.0 Å². The van der Waals surface area contributed by atoms with Crippen LogP contribution in [0.2, 0.25) is 0 Å². The smallest absolute Gasteiger partial charge is 0.253 e. The van der Waals surface area contributed by atoms with Crippen molar-refractivity contribution in [3.8, 4) is 0 Å². The van der Waals surface area contributed by atoms with E-state index in [4.69, 9.17) is 4.99 Å². The summed E-state index contributed by atoms with van der Waals surface area (Å²) in [7, 11) is 3.50. The second-order valence-electron chi connectivity index (χ2n) is 8.44. The predicted octanol–water partition coefficient (Wildman–Crippen LogP) is 4.09. The van der Waals surface area contributed by atoms with Crippen LogP contribution in [0.4, 0.5) is 4.39 Å². The summed E-state index contributed by atoms with van der Waals surface area (Å²) in [6, 6.07) is 14.5. The Morgan fingerprint density at radius 1 is 1.03 bits per heavy atom. The van der Waals surface area contributed by atoms with Crippen LogP contribution >= 0.6 is 0 Å². The van der Waals surface area contributed by atoms with Gasteiger partial charge in [-0.1, -0.05) is 37.1 Å². The second kappa shape index (κ2) is 10.4. The Bertz CT molecular complexity index is 885. The fourth-order valence-corrected chi connectivity index (χ4v) is 4.20. The molecule has 3 rings (SSSR count). The second-order valence-corrected chi connectivity index (χ2v) is 8.44. The highest BCUT2D eigenvalue weighted by molar-refractivity contribution is 5.93. The monoisotopic (exact) mass is 424 g/mol. The van der Waals surface area contributed by atoms with E-state index in [0.717, 1.165) is 37.5 Å². The van der Waals surface area contributed by atoms with Crippen LogP contribution in [0.3, 0.4) is 0 Å². The van der Waals surface area contributed by atoms with Gasteiger partial charge in [0.25, 0.3) is 5.91 Å². The Labute approximate surface area is 184 Å². The molecular formula is C25H33FN4O. The summed E-state index contributed by atoms with van der Waals surface area (Å²) in [6.07, 6.45) is 4.55. The van der Waals surface area contributed by atoms with Gasteiger partial charge in [-0.3, -0.25) is 4.79 Å². The molecule has 0 aliphatic heterocycles. The molecule has 0 atom stereocenters. The zero-order valence-electron chi connectivity index (χ0n) is 18.7. The molecule has 1 amide bonds. The van der Waals surface area contributed by atoms with Gasteiger partial charge in [0.1, 0.15) is 5.82 Å². The van der Waals surface area contributed by atoms with E-state index in [1.807, 2.05) is 43.3 Å². The van der Waals surface area contributed by atoms with Gasteiger partial charge in [-0.15, -0.1) is 0 Å². The van der Waals surface area contributed by atoms with Crippen molar-refractivity contribution in [2.24, 2.45) is 4.99 Å². The van der Waals surface area contributed by atoms with Crippen molar-refractivity contribution in [3.63, 3.8) is 0 Å². The largest absolute Gasteiger partial charge is 0.357 e. The van der Waals surface area contributed by atoms with Gasteiger partial charge in [-0.2, -0.15) is 0 Å². The molecule has 1 saturated carbocycles. The normalized spacial score (nSPS) is 15.5. The maximum atomic E-state index is 13.4. The number of halogens is 1. The third kappa shape index (κ3) is 5.84. The first kappa shape index (κ1) is 22.8. The highest BCUT2D eigenvalue weighted by Crippen LogP contribution is 2.40. The van der Waals surface area contributed by atoms with Crippen molar-refractivity contribution >= 4 is 11.9 Å². The van der Waals surface area contributed by atoms with Gasteiger partial charge in [0.15, 0.2) is 5.96 Å². The number of aliphatic imine (C=N–C) groups is 1. The van der Waals surface area contributed by atoms with E-state index in [-0.39, 0.29) is 17.1 Å².